The van der Waals surface area contributed by atoms with Gasteiger partial charge in [-0.1, -0.05) is 28.1 Å². The highest BCUT2D eigenvalue weighted by molar-refractivity contribution is 9.10. The molecule has 0 saturated carbocycles. The highest BCUT2D eigenvalue weighted by Crippen LogP contribution is 2.20. The van der Waals surface area contributed by atoms with E-state index in [1.54, 1.807) is 0 Å². The second-order valence-electron chi connectivity index (χ2n) is 5.23. The van der Waals surface area contributed by atoms with Crippen molar-refractivity contribution >= 4 is 31.6 Å². The van der Waals surface area contributed by atoms with E-state index < -0.39 is 26.6 Å². The topological polar surface area (TPSA) is 64.0 Å². The molecule has 0 bridgehead atoms. The van der Waals surface area contributed by atoms with Crippen LogP contribution < -0.4 is 4.72 Å². The number of anilines is 1. The van der Waals surface area contributed by atoms with E-state index in [0.717, 1.165) is 22.2 Å². The van der Waals surface area contributed by atoms with Gasteiger partial charge in [0, 0.05) is 10.7 Å². The number of sulfonamides is 1. The first-order valence-corrected chi connectivity index (χ1v) is 9.36. The summed E-state index contributed by atoms with van der Waals surface area (Å²) in [7, 11) is -4.26. The van der Waals surface area contributed by atoms with E-state index in [9.17, 15) is 17.2 Å². The van der Waals surface area contributed by atoms with E-state index in [0.29, 0.717) is 12.6 Å². The molecule has 1 heterocycles. The predicted octanol–water partition coefficient (Wildman–Crippen LogP) is 3.77. The maximum absolute atomic E-state index is 13.7. The van der Waals surface area contributed by atoms with E-state index in [-0.39, 0.29) is 5.69 Å². The Morgan fingerprint density at radius 2 is 1.84 bits per heavy atom. The predicted molar refractivity (Wildman–Crippen MR) is 92.6 cm³/mol. The summed E-state index contributed by atoms with van der Waals surface area (Å²) in [5.41, 5.74) is 1.12. The fourth-order valence-corrected chi connectivity index (χ4v) is 3.56. The van der Waals surface area contributed by atoms with Gasteiger partial charge in [0.05, 0.1) is 18.4 Å². The van der Waals surface area contributed by atoms with Crippen LogP contribution in [0.25, 0.3) is 0 Å². The summed E-state index contributed by atoms with van der Waals surface area (Å²) in [6.07, 6.45) is 2.77. The van der Waals surface area contributed by atoms with E-state index in [1.165, 1.54) is 17.1 Å². The van der Waals surface area contributed by atoms with Crippen LogP contribution in [0.3, 0.4) is 0 Å². The molecule has 3 rings (SSSR count). The van der Waals surface area contributed by atoms with Crippen molar-refractivity contribution in [2.24, 2.45) is 0 Å². The second kappa shape index (κ2) is 6.93. The summed E-state index contributed by atoms with van der Waals surface area (Å²) in [6, 6.07) is 9.81. The van der Waals surface area contributed by atoms with Gasteiger partial charge in [0.1, 0.15) is 16.5 Å². The molecule has 2 aromatic carbocycles. The summed E-state index contributed by atoms with van der Waals surface area (Å²) in [5, 5.41) is 4.06. The molecule has 0 amide bonds. The second-order valence-corrected chi connectivity index (χ2v) is 7.80. The Morgan fingerprint density at radius 3 is 2.56 bits per heavy atom. The molecule has 0 spiro atoms. The number of hydrogen-bond acceptors (Lipinski definition) is 3. The molecule has 1 aromatic heterocycles. The molecule has 0 aliphatic heterocycles. The first-order chi connectivity index (χ1) is 11.8. The number of rotatable bonds is 5. The van der Waals surface area contributed by atoms with Crippen molar-refractivity contribution in [1.29, 1.82) is 0 Å². The van der Waals surface area contributed by atoms with Crippen LogP contribution in [0.5, 0.6) is 0 Å². The number of nitrogens with one attached hydrogen (secondary N) is 1. The van der Waals surface area contributed by atoms with Crippen molar-refractivity contribution < 1.29 is 17.2 Å². The minimum atomic E-state index is -4.26. The maximum Gasteiger partial charge on any atom is 0.265 e. The van der Waals surface area contributed by atoms with Crippen LogP contribution in [-0.4, -0.2) is 18.2 Å². The molecule has 0 saturated heterocycles. The zero-order chi connectivity index (χ0) is 18.0. The summed E-state index contributed by atoms with van der Waals surface area (Å²) in [5.74, 6) is -1.87. The lowest BCUT2D eigenvalue weighted by atomic mass is 10.2. The van der Waals surface area contributed by atoms with Crippen molar-refractivity contribution in [3.63, 3.8) is 0 Å². The smallest absolute Gasteiger partial charge is 0.265 e. The quantitative estimate of drug-likeness (QED) is 0.673. The lowest BCUT2D eigenvalue weighted by Gasteiger charge is -2.07. The molecule has 0 aliphatic rings. The normalized spacial score (nSPS) is 11.5. The number of nitrogens with zero attached hydrogens (tertiary/aromatic N) is 2. The average molecular weight is 428 g/mol. The average Bonchev–Trinajstić information content (AvgIpc) is 2.98. The fourth-order valence-electron chi connectivity index (χ4n) is 2.17. The van der Waals surface area contributed by atoms with Gasteiger partial charge in [-0.15, -0.1) is 0 Å². The first-order valence-electron chi connectivity index (χ1n) is 7.08. The summed E-state index contributed by atoms with van der Waals surface area (Å²) >= 11 is 3.34. The van der Waals surface area contributed by atoms with Crippen LogP contribution in [0, 0.1) is 11.6 Å². The van der Waals surface area contributed by atoms with Crippen LogP contribution in [0.15, 0.2) is 64.2 Å². The lowest BCUT2D eigenvalue weighted by molar-refractivity contribution is 0.555. The Bertz CT molecular complexity index is 1000. The van der Waals surface area contributed by atoms with E-state index in [1.807, 2.05) is 24.3 Å². The first kappa shape index (κ1) is 17.6. The monoisotopic (exact) mass is 427 g/mol. The maximum atomic E-state index is 13.7. The third-order valence-electron chi connectivity index (χ3n) is 3.33. The molecule has 130 valence electrons. The van der Waals surface area contributed by atoms with Gasteiger partial charge >= 0.3 is 0 Å². The van der Waals surface area contributed by atoms with Crippen molar-refractivity contribution in [1.82, 2.24) is 9.78 Å². The molecule has 9 heteroatoms. The highest BCUT2D eigenvalue weighted by Gasteiger charge is 2.20. The molecule has 0 radical (unpaired) electrons. The Balaban J connectivity index is 1.78. The molecule has 25 heavy (non-hydrogen) atoms. The third kappa shape index (κ3) is 4.23. The van der Waals surface area contributed by atoms with Crippen LogP contribution >= 0.6 is 15.9 Å². The highest BCUT2D eigenvalue weighted by atomic mass is 79.9. The van der Waals surface area contributed by atoms with Crippen LogP contribution in [0.1, 0.15) is 5.56 Å². The van der Waals surface area contributed by atoms with E-state index >= 15 is 0 Å². The van der Waals surface area contributed by atoms with Crippen molar-refractivity contribution in [2.75, 3.05) is 4.72 Å². The van der Waals surface area contributed by atoms with Gasteiger partial charge in [0.15, 0.2) is 0 Å². The standard InChI is InChI=1S/C16H12BrF2N3O2S/c17-12-3-1-11(2-4-12)9-22-10-14(8-20-22)21-25(23,24)16-7-13(18)5-6-15(16)19/h1-8,10,21H,9H2. The minimum absolute atomic E-state index is 0.153. The number of benzene rings is 2. The molecule has 5 nitrogen and oxygen atoms in total. The third-order valence-corrected chi connectivity index (χ3v) is 5.25. The van der Waals surface area contributed by atoms with Gasteiger partial charge < -0.3 is 0 Å². The van der Waals surface area contributed by atoms with Gasteiger partial charge in [-0.2, -0.15) is 5.10 Å². The molecule has 0 unspecified atom stereocenters. The van der Waals surface area contributed by atoms with Gasteiger partial charge in [-0.05, 0) is 35.9 Å². The largest absolute Gasteiger partial charge is 0.276 e. The van der Waals surface area contributed by atoms with Gasteiger partial charge in [0.25, 0.3) is 10.0 Å². The molecule has 1 N–H and O–H groups in total. The van der Waals surface area contributed by atoms with Crippen LogP contribution in [0.4, 0.5) is 14.5 Å². The Morgan fingerprint density at radius 1 is 1.12 bits per heavy atom. The SMILES string of the molecule is O=S(=O)(Nc1cnn(Cc2ccc(Br)cc2)c1)c1cc(F)ccc1F. The molecule has 0 atom stereocenters. The number of aromatic nitrogens is 2. The van der Waals surface area contributed by atoms with Crippen molar-refractivity contribution in [3.8, 4) is 0 Å². The van der Waals surface area contributed by atoms with Gasteiger partial charge in [0.2, 0.25) is 0 Å². The molecule has 0 fully saturated rings. The lowest BCUT2D eigenvalue weighted by Crippen LogP contribution is -2.14. The zero-order valence-corrected chi connectivity index (χ0v) is 15.1. The van der Waals surface area contributed by atoms with Gasteiger partial charge in [-0.25, -0.2) is 17.2 Å². The number of hydrogen-bond donors (Lipinski definition) is 1. The van der Waals surface area contributed by atoms with Crippen molar-refractivity contribution in [3.05, 3.63) is 76.5 Å². The molecule has 0 aliphatic carbocycles. The summed E-state index contributed by atoms with van der Waals surface area (Å²) < 4.78 is 56.0. The van der Waals surface area contributed by atoms with E-state index in [2.05, 4.69) is 25.8 Å². The van der Waals surface area contributed by atoms with Crippen LogP contribution in [0.2, 0.25) is 0 Å². The van der Waals surface area contributed by atoms with Crippen molar-refractivity contribution in [2.45, 2.75) is 11.4 Å². The number of halogens is 3. The summed E-state index contributed by atoms with van der Waals surface area (Å²) in [4.78, 5) is -0.756. The molecular formula is C16H12BrF2N3O2S. The van der Waals surface area contributed by atoms with Crippen LogP contribution in [-0.2, 0) is 16.6 Å². The minimum Gasteiger partial charge on any atom is -0.276 e. The fraction of sp³-hybridized carbons (Fsp3) is 0.0625. The zero-order valence-electron chi connectivity index (χ0n) is 12.7. The molecular weight excluding hydrogens is 416 g/mol. The Labute approximate surface area is 151 Å². The Hall–Kier alpha value is -2.26. The Kier molecular flexibility index (Phi) is 4.87. The summed E-state index contributed by atoms with van der Waals surface area (Å²) in [6.45, 7) is 0.434. The van der Waals surface area contributed by atoms with Gasteiger partial charge in [-0.3, -0.25) is 9.40 Å². The molecule has 3 aromatic rings. The van der Waals surface area contributed by atoms with E-state index in [4.69, 9.17) is 0 Å².